The van der Waals surface area contributed by atoms with Crippen molar-refractivity contribution >= 4 is 49.5 Å². The molecule has 12 heteroatoms. The Bertz CT molecular complexity index is 773. The molecular weight excluding hydrogens is 507 g/mol. The molecule has 1 aliphatic rings. The molecule has 0 aromatic heterocycles. The highest BCUT2D eigenvalue weighted by Crippen LogP contribution is 2.42. The number of hydrogen-bond donors (Lipinski definition) is 0. The second kappa shape index (κ2) is 8.48. The third-order valence-electron chi connectivity index (χ3n) is 3.33. The van der Waals surface area contributed by atoms with Gasteiger partial charge in [-0.1, -0.05) is 0 Å². The smallest absolute Gasteiger partial charge is 0.466 e. The Balaban J connectivity index is 2.58. The molecule has 1 aromatic rings. The van der Waals surface area contributed by atoms with Crippen LogP contribution < -0.4 is 9.64 Å². The summed E-state index contributed by atoms with van der Waals surface area (Å²) in [7, 11) is 2.26. The molecule has 27 heavy (non-hydrogen) atoms. The van der Waals surface area contributed by atoms with Crippen LogP contribution in [0.1, 0.15) is 0 Å². The lowest BCUT2D eigenvalue weighted by Gasteiger charge is -2.32. The molecule has 0 N–H and O–H groups in total. The van der Waals surface area contributed by atoms with Crippen LogP contribution in [0, 0.1) is 0 Å². The van der Waals surface area contributed by atoms with Crippen LogP contribution in [0.2, 0.25) is 0 Å². The van der Waals surface area contributed by atoms with E-state index >= 15 is 0 Å². The maximum atomic E-state index is 12.4. The number of esters is 2. The molecule has 0 amide bonds. The first-order valence-corrected chi connectivity index (χ1v) is 8.67. The average Bonchev–Trinajstić information content (AvgIpc) is 2.58. The van der Waals surface area contributed by atoms with Crippen LogP contribution >= 0.6 is 31.9 Å². The Hall–Kier alpha value is -1.79. The van der Waals surface area contributed by atoms with E-state index in [1.807, 2.05) is 0 Å². The number of carbonyl (C=O) groups excluding carboxylic acids is 2. The maximum absolute atomic E-state index is 12.4. The van der Waals surface area contributed by atoms with E-state index in [0.29, 0.717) is 0 Å². The summed E-state index contributed by atoms with van der Waals surface area (Å²) in [6.07, 6.45) is -4.87. The summed E-state index contributed by atoms with van der Waals surface area (Å²) < 4.78 is 56.2. The highest BCUT2D eigenvalue weighted by Gasteiger charge is 2.35. The molecule has 0 spiro atoms. The lowest BCUT2D eigenvalue weighted by molar-refractivity contribution is -0.274. The summed E-state index contributed by atoms with van der Waals surface area (Å²) in [4.78, 5) is 25.5. The summed E-state index contributed by atoms with van der Waals surface area (Å²) in [5, 5.41) is 0. The van der Waals surface area contributed by atoms with Gasteiger partial charge in [0.1, 0.15) is 18.2 Å². The SMILES string of the molecule is COC(=O)C1=C(C(=O)OC)N(c2c(Br)cc(OC(F)(F)F)cc2Br)COC1. The standard InChI is InChI=1S/C15H12Br2F3NO6/c1-24-13(22)8-5-26-6-21(11(8)14(23)25-2)12-9(16)3-7(4-10(12)17)27-15(18,19)20/h3-4H,5-6H2,1-2H3. The van der Waals surface area contributed by atoms with E-state index in [2.05, 4.69) is 41.3 Å². The fourth-order valence-corrected chi connectivity index (χ4v) is 3.89. The molecule has 1 heterocycles. The number of methoxy groups -OCH3 is 2. The van der Waals surface area contributed by atoms with Gasteiger partial charge in [0, 0.05) is 8.95 Å². The van der Waals surface area contributed by atoms with E-state index < -0.39 is 24.1 Å². The Morgan fingerprint density at radius 3 is 2.15 bits per heavy atom. The number of anilines is 1. The first-order chi connectivity index (χ1) is 12.6. The van der Waals surface area contributed by atoms with Crippen molar-refractivity contribution in [3.8, 4) is 5.75 Å². The van der Waals surface area contributed by atoms with Crippen molar-refractivity contribution in [1.29, 1.82) is 0 Å². The molecule has 0 fully saturated rings. The zero-order valence-electron chi connectivity index (χ0n) is 13.9. The molecule has 0 radical (unpaired) electrons. The number of halogens is 5. The predicted octanol–water partition coefficient (Wildman–Crippen LogP) is 3.50. The average molecular weight is 519 g/mol. The number of benzene rings is 1. The minimum absolute atomic E-state index is 0.0926. The van der Waals surface area contributed by atoms with Gasteiger partial charge in [-0.3, -0.25) is 0 Å². The van der Waals surface area contributed by atoms with Gasteiger partial charge >= 0.3 is 18.3 Å². The monoisotopic (exact) mass is 517 g/mol. The number of nitrogens with zero attached hydrogens (tertiary/aromatic N) is 1. The largest absolute Gasteiger partial charge is 0.573 e. The molecule has 1 aromatic carbocycles. The quantitative estimate of drug-likeness (QED) is 0.565. The van der Waals surface area contributed by atoms with Crippen molar-refractivity contribution in [3.63, 3.8) is 0 Å². The minimum atomic E-state index is -4.87. The Kier molecular flexibility index (Phi) is 6.76. The van der Waals surface area contributed by atoms with Crippen LogP contribution in [0.15, 0.2) is 32.3 Å². The van der Waals surface area contributed by atoms with Gasteiger partial charge in [0.05, 0.1) is 32.1 Å². The Labute approximate surface area is 168 Å². The van der Waals surface area contributed by atoms with E-state index in [1.165, 1.54) is 4.90 Å². The number of ether oxygens (including phenoxy) is 4. The summed E-state index contributed by atoms with van der Waals surface area (Å²) in [5.41, 5.74) is -0.0162. The molecule has 7 nitrogen and oxygen atoms in total. The molecular formula is C15H12Br2F3NO6. The molecule has 0 bridgehead atoms. The maximum Gasteiger partial charge on any atom is 0.573 e. The molecule has 0 unspecified atom stereocenters. The van der Waals surface area contributed by atoms with Gasteiger partial charge in [0.15, 0.2) is 0 Å². The fraction of sp³-hybridized carbons (Fsp3) is 0.333. The van der Waals surface area contributed by atoms with Crippen LogP contribution in [-0.2, 0) is 23.8 Å². The van der Waals surface area contributed by atoms with Crippen LogP contribution in [-0.4, -0.2) is 45.9 Å². The summed E-state index contributed by atoms with van der Waals surface area (Å²) >= 11 is 6.30. The number of rotatable bonds is 4. The highest BCUT2D eigenvalue weighted by molar-refractivity contribution is 9.11. The van der Waals surface area contributed by atoms with Crippen molar-refractivity contribution in [3.05, 3.63) is 32.3 Å². The number of alkyl halides is 3. The second-order valence-corrected chi connectivity index (χ2v) is 6.71. The number of hydrogen-bond acceptors (Lipinski definition) is 7. The summed E-state index contributed by atoms with van der Waals surface area (Å²) in [6.45, 7) is -0.361. The van der Waals surface area contributed by atoms with Gasteiger partial charge in [-0.2, -0.15) is 0 Å². The molecule has 0 saturated carbocycles. The molecule has 0 saturated heterocycles. The highest BCUT2D eigenvalue weighted by atomic mass is 79.9. The zero-order valence-corrected chi connectivity index (χ0v) is 17.0. The van der Waals surface area contributed by atoms with Gasteiger partial charge in [0.25, 0.3) is 0 Å². The van der Waals surface area contributed by atoms with Crippen LogP contribution in [0.4, 0.5) is 18.9 Å². The Morgan fingerprint density at radius 1 is 1.11 bits per heavy atom. The Morgan fingerprint density at radius 2 is 1.67 bits per heavy atom. The third kappa shape index (κ3) is 4.93. The van der Waals surface area contributed by atoms with Crippen LogP contribution in [0.3, 0.4) is 0 Å². The predicted molar refractivity (Wildman–Crippen MR) is 92.9 cm³/mol. The fourth-order valence-electron chi connectivity index (χ4n) is 2.31. The lowest BCUT2D eigenvalue weighted by Crippen LogP contribution is -2.39. The van der Waals surface area contributed by atoms with Gasteiger partial charge in [-0.25, -0.2) is 9.59 Å². The third-order valence-corrected chi connectivity index (χ3v) is 4.54. The van der Waals surface area contributed by atoms with Crippen molar-refractivity contribution in [2.75, 3.05) is 32.5 Å². The van der Waals surface area contributed by atoms with E-state index in [0.717, 1.165) is 26.4 Å². The van der Waals surface area contributed by atoms with E-state index in [-0.39, 0.29) is 39.2 Å². The molecule has 0 atom stereocenters. The minimum Gasteiger partial charge on any atom is -0.466 e. The van der Waals surface area contributed by atoms with E-state index in [9.17, 15) is 22.8 Å². The molecule has 148 valence electrons. The van der Waals surface area contributed by atoms with Crippen LogP contribution in [0.5, 0.6) is 5.75 Å². The van der Waals surface area contributed by atoms with Crippen molar-refractivity contribution in [2.24, 2.45) is 0 Å². The van der Waals surface area contributed by atoms with E-state index in [4.69, 9.17) is 9.47 Å². The molecule has 2 rings (SSSR count). The van der Waals surface area contributed by atoms with Crippen LogP contribution in [0.25, 0.3) is 0 Å². The molecule has 0 aliphatic carbocycles. The van der Waals surface area contributed by atoms with Gasteiger partial charge in [-0.05, 0) is 44.0 Å². The zero-order chi connectivity index (χ0) is 20.4. The lowest BCUT2D eigenvalue weighted by atomic mass is 10.1. The first-order valence-electron chi connectivity index (χ1n) is 7.09. The first kappa shape index (κ1) is 21.5. The topological polar surface area (TPSA) is 74.3 Å². The van der Waals surface area contributed by atoms with Crippen molar-refractivity contribution < 1.29 is 41.7 Å². The molecule has 1 aliphatic heterocycles. The van der Waals surface area contributed by atoms with Gasteiger partial charge in [-0.15, -0.1) is 13.2 Å². The van der Waals surface area contributed by atoms with Gasteiger partial charge < -0.3 is 23.8 Å². The number of carbonyl (C=O) groups is 2. The van der Waals surface area contributed by atoms with E-state index in [1.54, 1.807) is 0 Å². The summed E-state index contributed by atoms with van der Waals surface area (Å²) in [6, 6.07) is 2.13. The second-order valence-electron chi connectivity index (χ2n) is 5.00. The van der Waals surface area contributed by atoms with Gasteiger partial charge in [0.2, 0.25) is 0 Å². The summed E-state index contributed by atoms with van der Waals surface area (Å²) in [5.74, 6) is -2.13. The normalized spacial score (nSPS) is 14.9. The van der Waals surface area contributed by atoms with Crippen molar-refractivity contribution in [2.45, 2.75) is 6.36 Å². The van der Waals surface area contributed by atoms with Crippen molar-refractivity contribution in [1.82, 2.24) is 0 Å².